The highest BCUT2D eigenvalue weighted by Gasteiger charge is 2.34. The molecule has 4 nitrogen and oxygen atoms in total. The SMILES string of the molecule is Nc1nc2ccc(I)cc2c(=O)n1-c1ccccc1C(F)(F)F. The van der Waals surface area contributed by atoms with Crippen LogP contribution in [0.15, 0.2) is 47.3 Å². The van der Waals surface area contributed by atoms with Crippen LogP contribution in [0.5, 0.6) is 0 Å². The van der Waals surface area contributed by atoms with Gasteiger partial charge >= 0.3 is 6.18 Å². The van der Waals surface area contributed by atoms with Crippen molar-refractivity contribution in [2.45, 2.75) is 6.18 Å². The number of rotatable bonds is 1. The van der Waals surface area contributed by atoms with Crippen LogP contribution in [0, 0.1) is 3.57 Å². The van der Waals surface area contributed by atoms with Gasteiger partial charge in [-0.1, -0.05) is 12.1 Å². The summed E-state index contributed by atoms with van der Waals surface area (Å²) in [5.74, 6) is -0.291. The first kappa shape index (κ1) is 15.8. The van der Waals surface area contributed by atoms with Crippen molar-refractivity contribution in [3.63, 3.8) is 0 Å². The van der Waals surface area contributed by atoms with E-state index >= 15 is 0 Å². The van der Waals surface area contributed by atoms with Crippen LogP contribution < -0.4 is 11.3 Å². The number of nitrogens with two attached hydrogens (primary N) is 1. The molecule has 0 radical (unpaired) electrons. The molecule has 0 fully saturated rings. The van der Waals surface area contributed by atoms with Crippen LogP contribution >= 0.6 is 22.6 Å². The number of hydrogen-bond acceptors (Lipinski definition) is 3. The summed E-state index contributed by atoms with van der Waals surface area (Å²) in [4.78, 5) is 16.7. The van der Waals surface area contributed by atoms with Crippen molar-refractivity contribution >= 4 is 39.4 Å². The number of fused-ring (bicyclic) bond motifs is 1. The molecule has 0 atom stereocenters. The van der Waals surface area contributed by atoms with Crippen molar-refractivity contribution in [1.82, 2.24) is 9.55 Å². The molecule has 8 heteroatoms. The van der Waals surface area contributed by atoms with E-state index < -0.39 is 17.3 Å². The van der Waals surface area contributed by atoms with Crippen LogP contribution in [0.3, 0.4) is 0 Å². The van der Waals surface area contributed by atoms with E-state index in [1.54, 1.807) is 18.2 Å². The number of nitrogen functional groups attached to an aromatic ring is 1. The number of halogens is 4. The highest BCUT2D eigenvalue weighted by atomic mass is 127. The Hall–Kier alpha value is -2.10. The summed E-state index contributed by atoms with van der Waals surface area (Å²) in [5.41, 5.74) is 4.18. The van der Waals surface area contributed by atoms with Crippen LogP contribution in [-0.4, -0.2) is 9.55 Å². The van der Waals surface area contributed by atoms with E-state index in [1.807, 2.05) is 22.6 Å². The molecule has 1 heterocycles. The van der Waals surface area contributed by atoms with Gasteiger partial charge in [0.2, 0.25) is 5.95 Å². The Labute approximate surface area is 141 Å². The van der Waals surface area contributed by atoms with Crippen molar-refractivity contribution < 1.29 is 13.2 Å². The van der Waals surface area contributed by atoms with E-state index in [4.69, 9.17) is 5.73 Å². The number of nitrogens with zero attached hydrogens (tertiary/aromatic N) is 2. The number of anilines is 1. The summed E-state index contributed by atoms with van der Waals surface area (Å²) in [6.07, 6.45) is -4.61. The Balaban J connectivity index is 2.41. The maximum atomic E-state index is 13.2. The monoisotopic (exact) mass is 431 g/mol. The lowest BCUT2D eigenvalue weighted by atomic mass is 10.1. The van der Waals surface area contributed by atoms with Gasteiger partial charge in [-0.2, -0.15) is 13.2 Å². The van der Waals surface area contributed by atoms with Gasteiger partial charge in [-0.25, -0.2) is 9.55 Å². The van der Waals surface area contributed by atoms with Crippen molar-refractivity contribution in [1.29, 1.82) is 0 Å². The zero-order valence-electron chi connectivity index (χ0n) is 11.4. The summed E-state index contributed by atoms with van der Waals surface area (Å²) < 4.78 is 41.2. The second-order valence-corrected chi connectivity index (χ2v) is 6.03. The van der Waals surface area contributed by atoms with Crippen molar-refractivity contribution in [3.8, 4) is 5.69 Å². The Kier molecular flexibility index (Phi) is 3.78. The molecule has 2 aromatic carbocycles. The first-order valence-corrected chi connectivity index (χ1v) is 7.51. The van der Waals surface area contributed by atoms with Crippen LogP contribution in [0.4, 0.5) is 19.1 Å². The smallest absolute Gasteiger partial charge is 0.369 e. The number of alkyl halides is 3. The molecule has 0 aliphatic carbocycles. The van der Waals surface area contributed by atoms with Gasteiger partial charge in [-0.3, -0.25) is 4.79 Å². The first-order chi connectivity index (χ1) is 10.8. The molecule has 0 spiro atoms. The van der Waals surface area contributed by atoms with E-state index in [2.05, 4.69) is 4.98 Å². The minimum atomic E-state index is -4.61. The van der Waals surface area contributed by atoms with Gasteiger partial charge in [0.15, 0.2) is 0 Å². The summed E-state index contributed by atoms with van der Waals surface area (Å²) in [5, 5.41) is 0.211. The molecule has 3 rings (SSSR count). The van der Waals surface area contributed by atoms with Crippen molar-refractivity contribution in [2.75, 3.05) is 5.73 Å². The highest BCUT2D eigenvalue weighted by molar-refractivity contribution is 14.1. The third kappa shape index (κ3) is 2.78. The van der Waals surface area contributed by atoms with Gasteiger partial charge in [0, 0.05) is 3.57 Å². The van der Waals surface area contributed by atoms with Crippen LogP contribution in [0.2, 0.25) is 0 Å². The van der Waals surface area contributed by atoms with Gasteiger partial charge in [0.1, 0.15) is 0 Å². The zero-order chi connectivity index (χ0) is 16.8. The molecule has 2 N–H and O–H groups in total. The Morgan fingerprint density at radius 3 is 2.52 bits per heavy atom. The quantitative estimate of drug-likeness (QED) is 0.600. The molecular weight excluding hydrogens is 422 g/mol. The summed E-state index contributed by atoms with van der Waals surface area (Å²) >= 11 is 2.01. The maximum absolute atomic E-state index is 13.2. The van der Waals surface area contributed by atoms with E-state index in [-0.39, 0.29) is 17.0 Å². The molecule has 0 aliphatic heterocycles. The number of para-hydroxylation sites is 1. The lowest BCUT2D eigenvalue weighted by molar-refractivity contribution is -0.137. The largest absolute Gasteiger partial charge is 0.418 e. The van der Waals surface area contributed by atoms with Crippen LogP contribution in [-0.2, 0) is 6.18 Å². The standard InChI is InChI=1S/C15H9F3IN3O/c16-15(17,18)10-3-1-2-4-12(10)22-13(23)9-7-8(19)5-6-11(9)21-14(22)20/h1-7H,(H2,20,21). The van der Waals surface area contributed by atoms with E-state index in [1.165, 1.54) is 18.2 Å². The van der Waals surface area contributed by atoms with Crippen LogP contribution in [0.25, 0.3) is 16.6 Å². The maximum Gasteiger partial charge on any atom is 0.418 e. The lowest BCUT2D eigenvalue weighted by Crippen LogP contribution is -2.25. The fraction of sp³-hybridized carbons (Fsp3) is 0.0667. The number of hydrogen-bond donors (Lipinski definition) is 1. The molecule has 0 bridgehead atoms. The third-order valence-electron chi connectivity index (χ3n) is 3.31. The molecular formula is C15H9F3IN3O. The predicted octanol–water partition coefficient (Wildman–Crippen LogP) is 3.59. The second-order valence-electron chi connectivity index (χ2n) is 4.79. The lowest BCUT2D eigenvalue weighted by Gasteiger charge is -2.16. The van der Waals surface area contributed by atoms with E-state index in [0.29, 0.717) is 5.52 Å². The molecule has 0 saturated heterocycles. The summed E-state index contributed by atoms with van der Waals surface area (Å²) in [6.45, 7) is 0. The average molecular weight is 431 g/mol. The van der Waals surface area contributed by atoms with E-state index in [9.17, 15) is 18.0 Å². The van der Waals surface area contributed by atoms with Gasteiger partial charge < -0.3 is 5.73 Å². The summed E-state index contributed by atoms with van der Waals surface area (Å²) in [6, 6.07) is 9.68. The predicted molar refractivity (Wildman–Crippen MR) is 89.5 cm³/mol. The number of aromatic nitrogens is 2. The normalized spacial score (nSPS) is 11.8. The van der Waals surface area contributed by atoms with Gasteiger partial charge in [0.25, 0.3) is 5.56 Å². The minimum Gasteiger partial charge on any atom is -0.369 e. The molecule has 0 saturated carbocycles. The zero-order valence-corrected chi connectivity index (χ0v) is 13.6. The molecule has 0 aliphatic rings. The molecule has 1 aromatic heterocycles. The fourth-order valence-electron chi connectivity index (χ4n) is 2.32. The highest BCUT2D eigenvalue weighted by Crippen LogP contribution is 2.34. The average Bonchev–Trinajstić information content (AvgIpc) is 2.48. The van der Waals surface area contributed by atoms with Crippen LogP contribution in [0.1, 0.15) is 5.56 Å². The topological polar surface area (TPSA) is 60.9 Å². The van der Waals surface area contributed by atoms with E-state index in [0.717, 1.165) is 14.2 Å². The molecule has 0 unspecified atom stereocenters. The molecule has 118 valence electrons. The Bertz CT molecular complexity index is 966. The van der Waals surface area contributed by atoms with Crippen molar-refractivity contribution in [2.24, 2.45) is 0 Å². The Morgan fingerprint density at radius 2 is 1.83 bits per heavy atom. The molecule has 0 amide bonds. The fourth-order valence-corrected chi connectivity index (χ4v) is 2.81. The second kappa shape index (κ2) is 5.52. The third-order valence-corrected chi connectivity index (χ3v) is 3.98. The van der Waals surface area contributed by atoms with Crippen molar-refractivity contribution in [3.05, 3.63) is 62.0 Å². The minimum absolute atomic E-state index is 0.211. The van der Waals surface area contributed by atoms with Gasteiger partial charge in [-0.15, -0.1) is 0 Å². The molecule has 3 aromatic rings. The number of benzene rings is 2. The Morgan fingerprint density at radius 1 is 1.13 bits per heavy atom. The molecule has 23 heavy (non-hydrogen) atoms. The van der Waals surface area contributed by atoms with Gasteiger partial charge in [0.05, 0.1) is 22.2 Å². The first-order valence-electron chi connectivity index (χ1n) is 6.43. The van der Waals surface area contributed by atoms with Gasteiger partial charge in [-0.05, 0) is 52.9 Å². The summed E-state index contributed by atoms with van der Waals surface area (Å²) in [7, 11) is 0.